The van der Waals surface area contributed by atoms with Crippen molar-refractivity contribution < 1.29 is 9.59 Å². The van der Waals surface area contributed by atoms with E-state index in [0.717, 1.165) is 31.4 Å². The predicted octanol–water partition coefficient (Wildman–Crippen LogP) is 1.65. The summed E-state index contributed by atoms with van der Waals surface area (Å²) in [5.41, 5.74) is -0.650. The molecule has 4 nitrogen and oxygen atoms in total. The quantitative estimate of drug-likeness (QED) is 0.755. The van der Waals surface area contributed by atoms with E-state index in [1.165, 1.54) is 0 Å². The van der Waals surface area contributed by atoms with E-state index in [0.29, 0.717) is 12.5 Å². The van der Waals surface area contributed by atoms with Gasteiger partial charge in [0.05, 0.1) is 0 Å². The molecule has 2 fully saturated rings. The molecule has 1 N–H and O–H groups in total. The Labute approximate surface area is 119 Å². The highest BCUT2D eigenvalue weighted by molar-refractivity contribution is 7.98. The Balaban J connectivity index is 2.02. The molecule has 1 heterocycles. The van der Waals surface area contributed by atoms with Gasteiger partial charge in [0.15, 0.2) is 0 Å². The number of thioether (sulfide) groups is 1. The van der Waals surface area contributed by atoms with E-state index < -0.39 is 5.54 Å². The minimum Gasteiger partial charge on any atom is -0.340 e. The molecule has 0 aromatic heterocycles. The normalized spacial score (nSPS) is 31.5. The lowest BCUT2D eigenvalue weighted by molar-refractivity contribution is -0.154. The minimum absolute atomic E-state index is 0.00105. The lowest BCUT2D eigenvalue weighted by Gasteiger charge is -2.43. The van der Waals surface area contributed by atoms with Crippen molar-refractivity contribution in [2.45, 2.75) is 51.1 Å². The molecule has 1 aliphatic carbocycles. The standard InChI is InChI=1S/C14H24N2O2S/c1-10-12(17)15-14(2,11-6-7-11)13(18)16(10)8-4-5-9-19-3/h10-11H,4-9H2,1-3H3,(H,15,17). The Morgan fingerprint density at radius 1 is 1.37 bits per heavy atom. The molecule has 2 rings (SSSR count). The van der Waals surface area contributed by atoms with E-state index >= 15 is 0 Å². The first-order valence-electron chi connectivity index (χ1n) is 7.12. The maximum absolute atomic E-state index is 12.7. The fourth-order valence-electron chi connectivity index (χ4n) is 2.79. The Morgan fingerprint density at radius 3 is 2.63 bits per heavy atom. The zero-order valence-electron chi connectivity index (χ0n) is 12.1. The summed E-state index contributed by atoms with van der Waals surface area (Å²) in [6, 6.07) is -0.325. The Kier molecular flexibility index (Phi) is 4.43. The van der Waals surface area contributed by atoms with Crippen molar-refractivity contribution >= 4 is 23.6 Å². The molecular weight excluding hydrogens is 260 g/mol. The van der Waals surface area contributed by atoms with Gasteiger partial charge in [-0.05, 0) is 57.5 Å². The summed E-state index contributed by atoms with van der Waals surface area (Å²) in [5, 5.41) is 2.95. The number of hydrogen-bond donors (Lipinski definition) is 1. The summed E-state index contributed by atoms with van der Waals surface area (Å²) in [4.78, 5) is 26.5. The van der Waals surface area contributed by atoms with Crippen LogP contribution in [-0.2, 0) is 9.59 Å². The van der Waals surface area contributed by atoms with Crippen LogP contribution in [0.4, 0.5) is 0 Å². The van der Waals surface area contributed by atoms with Crippen LogP contribution in [0.15, 0.2) is 0 Å². The van der Waals surface area contributed by atoms with Crippen LogP contribution in [-0.4, -0.2) is 46.8 Å². The monoisotopic (exact) mass is 284 g/mol. The van der Waals surface area contributed by atoms with Gasteiger partial charge in [-0.15, -0.1) is 0 Å². The summed E-state index contributed by atoms with van der Waals surface area (Å²) >= 11 is 1.82. The van der Waals surface area contributed by atoms with Crippen molar-refractivity contribution in [2.24, 2.45) is 5.92 Å². The number of nitrogens with one attached hydrogen (secondary N) is 1. The van der Waals surface area contributed by atoms with Crippen molar-refractivity contribution in [3.8, 4) is 0 Å². The smallest absolute Gasteiger partial charge is 0.248 e. The van der Waals surface area contributed by atoms with Gasteiger partial charge < -0.3 is 10.2 Å². The maximum atomic E-state index is 12.7. The van der Waals surface area contributed by atoms with E-state index in [4.69, 9.17) is 0 Å². The molecule has 1 aliphatic heterocycles. The van der Waals surface area contributed by atoms with Gasteiger partial charge in [-0.25, -0.2) is 0 Å². The van der Waals surface area contributed by atoms with E-state index in [1.54, 1.807) is 4.90 Å². The second-order valence-electron chi connectivity index (χ2n) is 5.84. The van der Waals surface area contributed by atoms with Crippen LogP contribution in [0, 0.1) is 5.92 Å². The first-order valence-corrected chi connectivity index (χ1v) is 8.52. The largest absolute Gasteiger partial charge is 0.340 e. The average molecular weight is 284 g/mol. The summed E-state index contributed by atoms with van der Waals surface area (Å²) in [5.74, 6) is 1.57. The summed E-state index contributed by atoms with van der Waals surface area (Å²) in [7, 11) is 0. The van der Waals surface area contributed by atoms with Crippen LogP contribution in [0.25, 0.3) is 0 Å². The molecule has 0 aromatic rings. The van der Waals surface area contributed by atoms with Crippen LogP contribution in [0.5, 0.6) is 0 Å². The first kappa shape index (κ1) is 14.7. The van der Waals surface area contributed by atoms with Crippen molar-refractivity contribution in [2.75, 3.05) is 18.6 Å². The van der Waals surface area contributed by atoms with Gasteiger partial charge >= 0.3 is 0 Å². The highest BCUT2D eigenvalue weighted by atomic mass is 32.2. The molecule has 0 bridgehead atoms. The molecule has 0 radical (unpaired) electrons. The number of unbranched alkanes of at least 4 members (excludes halogenated alkanes) is 1. The highest BCUT2D eigenvalue weighted by Gasteiger charge is 2.54. The third-order valence-electron chi connectivity index (χ3n) is 4.33. The van der Waals surface area contributed by atoms with Crippen LogP contribution < -0.4 is 5.32 Å². The molecule has 0 aromatic carbocycles. The van der Waals surface area contributed by atoms with E-state index in [9.17, 15) is 9.59 Å². The Bertz CT molecular complexity index is 370. The predicted molar refractivity (Wildman–Crippen MR) is 78.1 cm³/mol. The van der Waals surface area contributed by atoms with Crippen molar-refractivity contribution in [1.29, 1.82) is 0 Å². The number of nitrogens with zero attached hydrogens (tertiary/aromatic N) is 1. The number of amides is 2. The maximum Gasteiger partial charge on any atom is 0.248 e. The van der Waals surface area contributed by atoms with Gasteiger partial charge in [0.25, 0.3) is 0 Å². The molecule has 1 saturated carbocycles. The molecular formula is C14H24N2O2S. The third kappa shape index (κ3) is 2.91. The molecule has 2 atom stereocenters. The number of piperazine rings is 1. The molecule has 19 heavy (non-hydrogen) atoms. The van der Waals surface area contributed by atoms with E-state index in [2.05, 4.69) is 11.6 Å². The van der Waals surface area contributed by atoms with Crippen molar-refractivity contribution in [1.82, 2.24) is 10.2 Å². The van der Waals surface area contributed by atoms with Crippen LogP contribution in [0.2, 0.25) is 0 Å². The Hall–Kier alpha value is -0.710. The molecule has 1 saturated heterocycles. The average Bonchev–Trinajstić information content (AvgIpc) is 3.20. The van der Waals surface area contributed by atoms with E-state index in [1.807, 2.05) is 25.6 Å². The molecule has 2 aliphatic rings. The van der Waals surface area contributed by atoms with Gasteiger partial charge in [0.2, 0.25) is 11.8 Å². The molecule has 2 unspecified atom stereocenters. The third-order valence-corrected chi connectivity index (χ3v) is 5.02. The topological polar surface area (TPSA) is 49.4 Å². The molecule has 108 valence electrons. The van der Waals surface area contributed by atoms with Crippen LogP contribution >= 0.6 is 11.8 Å². The first-order chi connectivity index (χ1) is 9.00. The van der Waals surface area contributed by atoms with Gasteiger partial charge in [0.1, 0.15) is 11.6 Å². The fraction of sp³-hybridized carbons (Fsp3) is 0.857. The van der Waals surface area contributed by atoms with Gasteiger partial charge in [-0.1, -0.05) is 0 Å². The summed E-state index contributed by atoms with van der Waals surface area (Å²) in [6.07, 6.45) is 6.27. The highest BCUT2D eigenvalue weighted by Crippen LogP contribution is 2.42. The number of carbonyl (C=O) groups excluding carboxylic acids is 2. The SMILES string of the molecule is CSCCCCN1C(=O)C(C)(C2CC2)NC(=O)C1C. The molecule has 2 amide bonds. The number of carbonyl (C=O) groups is 2. The number of hydrogen-bond acceptors (Lipinski definition) is 3. The zero-order chi connectivity index (χ0) is 14.0. The number of rotatable bonds is 6. The van der Waals surface area contributed by atoms with Gasteiger partial charge in [0, 0.05) is 6.54 Å². The summed E-state index contributed by atoms with van der Waals surface area (Å²) < 4.78 is 0. The second-order valence-corrected chi connectivity index (χ2v) is 6.83. The second kappa shape index (κ2) is 5.73. The van der Waals surface area contributed by atoms with Crippen LogP contribution in [0.1, 0.15) is 39.5 Å². The van der Waals surface area contributed by atoms with Gasteiger partial charge in [-0.2, -0.15) is 11.8 Å². The Morgan fingerprint density at radius 2 is 2.05 bits per heavy atom. The van der Waals surface area contributed by atoms with Crippen molar-refractivity contribution in [3.05, 3.63) is 0 Å². The lowest BCUT2D eigenvalue weighted by atomic mass is 9.89. The molecule has 0 spiro atoms. The van der Waals surface area contributed by atoms with E-state index in [-0.39, 0.29) is 17.9 Å². The van der Waals surface area contributed by atoms with Crippen LogP contribution in [0.3, 0.4) is 0 Å². The molecule has 5 heteroatoms. The summed E-state index contributed by atoms with van der Waals surface area (Å²) in [6.45, 7) is 4.43. The minimum atomic E-state index is -0.650. The van der Waals surface area contributed by atoms with Gasteiger partial charge in [-0.3, -0.25) is 9.59 Å². The van der Waals surface area contributed by atoms with Crippen molar-refractivity contribution in [3.63, 3.8) is 0 Å². The lowest BCUT2D eigenvalue weighted by Crippen LogP contribution is -2.69. The fourth-order valence-corrected chi connectivity index (χ4v) is 3.28. The zero-order valence-corrected chi connectivity index (χ0v) is 12.9.